The first kappa shape index (κ1) is 25.2. The zero-order valence-electron chi connectivity index (χ0n) is 19.3. The van der Waals surface area contributed by atoms with Crippen LogP contribution in [0.5, 0.6) is 0 Å². The van der Waals surface area contributed by atoms with Crippen LogP contribution in [0.4, 0.5) is 23.2 Å². The topological polar surface area (TPSA) is 75.9 Å². The third kappa shape index (κ3) is 5.84. The van der Waals surface area contributed by atoms with Crippen molar-refractivity contribution in [2.75, 3.05) is 24.5 Å². The van der Waals surface area contributed by atoms with Crippen LogP contribution in [-0.2, 0) is 20.7 Å². The van der Waals surface area contributed by atoms with Crippen LogP contribution in [0.2, 0.25) is 0 Å². The lowest BCUT2D eigenvalue weighted by molar-refractivity contribution is -0.213. The van der Waals surface area contributed by atoms with Gasteiger partial charge in [0.25, 0.3) is 0 Å². The molecule has 0 radical (unpaired) electrons. The second kappa shape index (κ2) is 10.4. The average molecular weight is 505 g/mol. The minimum atomic E-state index is -5.19. The zero-order chi connectivity index (χ0) is 25.9. The second-order valence-corrected chi connectivity index (χ2v) is 8.42. The first-order valence-corrected chi connectivity index (χ1v) is 11.2. The highest BCUT2D eigenvalue weighted by atomic mass is 19.4. The van der Waals surface area contributed by atoms with E-state index in [9.17, 15) is 27.2 Å². The molecule has 190 valence electrons. The molecule has 1 amide bonds. The molecule has 1 aliphatic rings. The zero-order valence-corrected chi connectivity index (χ0v) is 19.3. The summed E-state index contributed by atoms with van der Waals surface area (Å²) in [6.07, 6.45) is -5.08. The van der Waals surface area contributed by atoms with Crippen LogP contribution in [0.15, 0.2) is 59.3 Å². The van der Waals surface area contributed by atoms with Crippen LogP contribution in [-0.4, -0.2) is 54.0 Å². The smallest absolute Gasteiger partial charge is 0.433 e. The quantitative estimate of drug-likeness (QED) is 0.363. The predicted octanol–water partition coefficient (Wildman–Crippen LogP) is 4.50. The van der Waals surface area contributed by atoms with E-state index in [4.69, 9.17) is 9.26 Å². The van der Waals surface area contributed by atoms with Crippen LogP contribution in [0.3, 0.4) is 0 Å². The minimum Gasteiger partial charge on any atom is -0.433 e. The van der Waals surface area contributed by atoms with Crippen LogP contribution < -0.4 is 4.90 Å². The van der Waals surface area contributed by atoms with E-state index in [0.717, 1.165) is 16.2 Å². The van der Waals surface area contributed by atoms with Gasteiger partial charge in [-0.2, -0.15) is 13.2 Å². The number of esters is 1. The summed E-state index contributed by atoms with van der Waals surface area (Å²) < 4.78 is 62.1. The Kier molecular flexibility index (Phi) is 7.27. The van der Waals surface area contributed by atoms with E-state index < -0.39 is 30.1 Å². The molecule has 11 heteroatoms. The van der Waals surface area contributed by atoms with E-state index >= 15 is 0 Å². The van der Waals surface area contributed by atoms with E-state index in [1.165, 1.54) is 30.5 Å². The molecule has 0 aliphatic carbocycles. The Bertz CT molecular complexity index is 1230. The summed E-state index contributed by atoms with van der Waals surface area (Å²) in [5, 5.41) is 3.75. The number of nitrogens with zero attached hydrogens (tertiary/aromatic N) is 3. The number of aromatic nitrogens is 1. The van der Waals surface area contributed by atoms with Crippen molar-refractivity contribution in [1.29, 1.82) is 0 Å². The maximum Gasteiger partial charge on any atom is 0.491 e. The van der Waals surface area contributed by atoms with E-state index in [1.54, 1.807) is 11.0 Å². The standard InChI is InChI=1S/C25H23F4N3O4/c1-16-3-2-4-20(13-16)31-11-12-32(22(15-31)35-24(34)25(27,28)29)21(33)10-7-18-14-30-36-23(18)17-5-8-19(26)9-6-17/h2-6,8-9,13-14,22H,7,10-12,15H2,1H3. The van der Waals surface area contributed by atoms with E-state index in [2.05, 4.69) is 5.16 Å². The molecule has 0 bridgehead atoms. The van der Waals surface area contributed by atoms with Gasteiger partial charge in [0.05, 0.1) is 12.7 Å². The highest BCUT2D eigenvalue weighted by Gasteiger charge is 2.44. The Hall–Kier alpha value is -3.89. The molecule has 4 rings (SSSR count). The van der Waals surface area contributed by atoms with Crippen molar-refractivity contribution in [1.82, 2.24) is 10.1 Å². The van der Waals surface area contributed by atoms with Gasteiger partial charge in [0.15, 0.2) is 12.0 Å². The van der Waals surface area contributed by atoms with Gasteiger partial charge in [0, 0.05) is 36.3 Å². The number of aryl methyl sites for hydroxylation is 2. The summed E-state index contributed by atoms with van der Waals surface area (Å²) in [7, 11) is 0. The Morgan fingerprint density at radius 2 is 1.89 bits per heavy atom. The lowest BCUT2D eigenvalue weighted by Gasteiger charge is -2.41. The van der Waals surface area contributed by atoms with Gasteiger partial charge in [-0.1, -0.05) is 17.3 Å². The lowest BCUT2D eigenvalue weighted by atomic mass is 10.0. The molecule has 36 heavy (non-hydrogen) atoms. The number of benzene rings is 2. The van der Waals surface area contributed by atoms with Gasteiger partial charge in [0.1, 0.15) is 5.82 Å². The molecule has 1 saturated heterocycles. The lowest BCUT2D eigenvalue weighted by Crippen LogP contribution is -2.57. The van der Waals surface area contributed by atoms with Crippen LogP contribution in [0, 0.1) is 12.7 Å². The molecule has 1 fully saturated rings. The van der Waals surface area contributed by atoms with Gasteiger partial charge in [-0.05, 0) is 55.3 Å². The fourth-order valence-electron chi connectivity index (χ4n) is 4.05. The number of piperazine rings is 1. The van der Waals surface area contributed by atoms with Crippen LogP contribution in [0.25, 0.3) is 11.3 Å². The van der Waals surface area contributed by atoms with Gasteiger partial charge >= 0.3 is 12.1 Å². The van der Waals surface area contributed by atoms with Crippen molar-refractivity contribution in [3.05, 3.63) is 71.7 Å². The number of rotatable bonds is 6. The molecule has 0 spiro atoms. The molecule has 0 saturated carbocycles. The third-order valence-corrected chi connectivity index (χ3v) is 5.86. The molecule has 3 aromatic rings. The molecule has 2 aromatic carbocycles. The Morgan fingerprint density at radius 1 is 1.14 bits per heavy atom. The highest BCUT2D eigenvalue weighted by molar-refractivity contribution is 5.79. The molecule has 0 N–H and O–H groups in total. The number of alkyl halides is 3. The van der Waals surface area contributed by atoms with Crippen molar-refractivity contribution in [2.45, 2.75) is 32.2 Å². The second-order valence-electron chi connectivity index (χ2n) is 8.42. The molecular weight excluding hydrogens is 482 g/mol. The monoisotopic (exact) mass is 505 g/mol. The molecule has 2 heterocycles. The summed E-state index contributed by atoms with van der Waals surface area (Å²) in [5.41, 5.74) is 2.86. The third-order valence-electron chi connectivity index (χ3n) is 5.86. The number of ether oxygens (including phenoxy) is 1. The maximum atomic E-state index is 13.2. The summed E-state index contributed by atoms with van der Waals surface area (Å²) in [6, 6.07) is 12.9. The van der Waals surface area contributed by atoms with Gasteiger partial charge in [-0.25, -0.2) is 9.18 Å². The van der Waals surface area contributed by atoms with Crippen molar-refractivity contribution in [2.24, 2.45) is 0 Å². The molecule has 1 unspecified atom stereocenters. The average Bonchev–Trinajstić information content (AvgIpc) is 3.31. The fourth-order valence-corrected chi connectivity index (χ4v) is 4.05. The summed E-state index contributed by atoms with van der Waals surface area (Å²) >= 11 is 0. The molecule has 1 aliphatic heterocycles. The normalized spacial score (nSPS) is 16.2. The van der Waals surface area contributed by atoms with E-state index in [-0.39, 0.29) is 25.9 Å². The van der Waals surface area contributed by atoms with Crippen molar-refractivity contribution < 1.29 is 36.4 Å². The first-order chi connectivity index (χ1) is 17.1. The number of anilines is 1. The molecular formula is C25H23F4N3O4. The SMILES string of the molecule is Cc1cccc(N2CCN(C(=O)CCc3cnoc3-c3ccc(F)cc3)C(OC(=O)C(F)(F)F)C2)c1. The van der Waals surface area contributed by atoms with E-state index in [0.29, 0.717) is 23.4 Å². The predicted molar refractivity (Wildman–Crippen MR) is 121 cm³/mol. The van der Waals surface area contributed by atoms with E-state index in [1.807, 2.05) is 25.1 Å². The highest BCUT2D eigenvalue weighted by Crippen LogP contribution is 2.27. The molecule has 7 nitrogen and oxygen atoms in total. The number of carbonyl (C=O) groups excluding carboxylic acids is 2. The van der Waals surface area contributed by atoms with Crippen LogP contribution >= 0.6 is 0 Å². The maximum absolute atomic E-state index is 13.2. The van der Waals surface area contributed by atoms with Crippen molar-refractivity contribution in [3.63, 3.8) is 0 Å². The van der Waals surface area contributed by atoms with Gasteiger partial charge in [-0.3, -0.25) is 4.79 Å². The fraction of sp³-hybridized carbons (Fsp3) is 0.320. The number of carbonyl (C=O) groups is 2. The number of amides is 1. The van der Waals surface area contributed by atoms with Gasteiger partial charge in [-0.15, -0.1) is 0 Å². The number of hydrogen-bond donors (Lipinski definition) is 0. The largest absolute Gasteiger partial charge is 0.491 e. The van der Waals surface area contributed by atoms with Gasteiger partial charge in [0.2, 0.25) is 5.91 Å². The van der Waals surface area contributed by atoms with Crippen LogP contribution in [0.1, 0.15) is 17.5 Å². The van der Waals surface area contributed by atoms with Gasteiger partial charge < -0.3 is 19.1 Å². The Labute approximate surface area is 204 Å². The van der Waals surface area contributed by atoms with Crippen molar-refractivity contribution in [3.8, 4) is 11.3 Å². The first-order valence-electron chi connectivity index (χ1n) is 11.2. The molecule has 1 atom stereocenters. The Balaban J connectivity index is 1.48. The van der Waals surface area contributed by atoms with Crippen molar-refractivity contribution >= 4 is 17.6 Å². The summed E-state index contributed by atoms with van der Waals surface area (Å²) in [6.45, 7) is 2.20. The molecule has 1 aromatic heterocycles. The Morgan fingerprint density at radius 3 is 2.58 bits per heavy atom. The summed E-state index contributed by atoms with van der Waals surface area (Å²) in [5.74, 6) is -2.88. The minimum absolute atomic E-state index is 0.0665. The summed E-state index contributed by atoms with van der Waals surface area (Å²) in [4.78, 5) is 27.6. The number of halogens is 4. The number of hydrogen-bond acceptors (Lipinski definition) is 6.